The highest BCUT2D eigenvalue weighted by atomic mass is 15.2. The number of benzene rings is 9. The quantitative estimate of drug-likeness (QED) is 0.158. The first kappa shape index (κ1) is 38.6. The first-order chi connectivity index (χ1) is 34.2. The number of rotatable bonds is 7. The van der Waals surface area contributed by atoms with Crippen LogP contribution < -0.4 is 0 Å². The molecule has 0 radical (unpaired) electrons. The van der Waals surface area contributed by atoms with Crippen molar-refractivity contribution in [1.82, 2.24) is 43.6 Å². The Morgan fingerprint density at radius 2 is 0.652 bits per heavy atom. The van der Waals surface area contributed by atoms with Crippen LogP contribution in [-0.4, -0.2) is 43.6 Å². The van der Waals surface area contributed by atoms with E-state index in [0.717, 1.165) is 93.4 Å². The molecule has 0 aliphatic carbocycles. The van der Waals surface area contributed by atoms with Crippen molar-refractivity contribution in [2.75, 3.05) is 0 Å². The van der Waals surface area contributed by atoms with Crippen molar-refractivity contribution >= 4 is 65.4 Å². The Labute approximate surface area is 394 Å². The molecular weight excluding hydrogens is 847 g/mol. The van der Waals surface area contributed by atoms with Gasteiger partial charge in [0.05, 0.1) is 33.1 Å². The Morgan fingerprint density at radius 1 is 0.246 bits per heavy atom. The number of aromatic nitrogens is 9. The number of hydrogen-bond donors (Lipinski definition) is 0. The third kappa shape index (κ3) is 6.18. The summed E-state index contributed by atoms with van der Waals surface area (Å²) in [5.41, 5.74) is 10.8. The average molecular weight is 884 g/mol. The number of para-hydroxylation sites is 4. The lowest BCUT2D eigenvalue weighted by molar-refractivity contribution is 0.952. The van der Waals surface area contributed by atoms with Crippen LogP contribution in [0.1, 0.15) is 0 Å². The molecule has 0 saturated heterocycles. The molecule has 5 aromatic heterocycles. The molecule has 0 aliphatic rings. The van der Waals surface area contributed by atoms with Gasteiger partial charge in [-0.25, -0.2) is 9.97 Å². The molecule has 322 valence electrons. The summed E-state index contributed by atoms with van der Waals surface area (Å²) in [5, 5.41) is 6.58. The second kappa shape index (κ2) is 15.5. The number of hydrogen-bond acceptors (Lipinski definition) is 6. The van der Waals surface area contributed by atoms with Gasteiger partial charge in [0.2, 0.25) is 11.9 Å². The van der Waals surface area contributed by atoms with E-state index in [-0.39, 0.29) is 0 Å². The maximum absolute atomic E-state index is 5.46. The molecule has 0 atom stereocenters. The van der Waals surface area contributed by atoms with Crippen molar-refractivity contribution in [1.29, 1.82) is 0 Å². The van der Waals surface area contributed by atoms with E-state index in [1.165, 1.54) is 0 Å². The predicted octanol–water partition coefficient (Wildman–Crippen LogP) is 14.0. The Balaban J connectivity index is 1.02. The molecular formula is C60H37N9. The van der Waals surface area contributed by atoms with E-state index in [2.05, 4.69) is 159 Å². The third-order valence-corrected chi connectivity index (χ3v) is 13.2. The Hall–Kier alpha value is -9.60. The highest BCUT2D eigenvalue weighted by Crippen LogP contribution is 2.42. The van der Waals surface area contributed by atoms with Crippen LogP contribution in [0.25, 0.3) is 129 Å². The van der Waals surface area contributed by atoms with E-state index in [1.807, 2.05) is 78.9 Å². The SMILES string of the molecule is c1ccc(-c2nc(-c3ccccc3)nc(-n3c4ccccc4c4cc(-c5nc(-c6ccccc6)nc(-n6c7ccccc7c7ccc8c(c9ccccc9n8-c8ccccc8)c76)n5)ccc43)n2)cc1. The fraction of sp³-hybridized carbons (Fsp3) is 0. The van der Waals surface area contributed by atoms with E-state index in [9.17, 15) is 0 Å². The lowest BCUT2D eigenvalue weighted by atomic mass is 10.1. The minimum atomic E-state index is 0.529. The van der Waals surface area contributed by atoms with Gasteiger partial charge in [-0.05, 0) is 54.6 Å². The van der Waals surface area contributed by atoms with E-state index in [4.69, 9.17) is 29.9 Å². The third-order valence-electron chi connectivity index (χ3n) is 13.2. The second-order valence-corrected chi connectivity index (χ2v) is 17.1. The lowest BCUT2D eigenvalue weighted by Gasteiger charge is -2.12. The predicted molar refractivity (Wildman–Crippen MR) is 278 cm³/mol. The monoisotopic (exact) mass is 883 g/mol. The molecule has 14 aromatic rings. The maximum atomic E-state index is 5.46. The van der Waals surface area contributed by atoms with Crippen LogP contribution in [0.15, 0.2) is 224 Å². The number of nitrogens with zero attached hydrogens (tertiary/aromatic N) is 9. The second-order valence-electron chi connectivity index (χ2n) is 17.1. The summed E-state index contributed by atoms with van der Waals surface area (Å²) in [7, 11) is 0. The van der Waals surface area contributed by atoms with Gasteiger partial charge >= 0.3 is 0 Å². The Morgan fingerprint density at radius 3 is 1.22 bits per heavy atom. The van der Waals surface area contributed by atoms with Crippen LogP contribution >= 0.6 is 0 Å². The van der Waals surface area contributed by atoms with Gasteiger partial charge in [-0.3, -0.25) is 9.13 Å². The molecule has 9 nitrogen and oxygen atoms in total. The first-order valence-corrected chi connectivity index (χ1v) is 23.0. The van der Waals surface area contributed by atoms with Crippen LogP contribution in [0.3, 0.4) is 0 Å². The molecule has 9 heteroatoms. The zero-order valence-corrected chi connectivity index (χ0v) is 36.9. The van der Waals surface area contributed by atoms with E-state index in [0.29, 0.717) is 35.2 Å². The number of fused-ring (bicyclic) bond motifs is 10. The van der Waals surface area contributed by atoms with Gasteiger partial charge in [0, 0.05) is 60.3 Å². The Kier molecular flexibility index (Phi) is 8.68. The molecule has 14 rings (SSSR count). The molecule has 0 saturated carbocycles. The standard InChI is InChI=1S/C60H37N9/c1-5-19-38(20-6-1)55-61-56(39-21-7-2-8-22-39)64-59(63-55)68-48-30-16-14-28-44(48)47-37-41(33-35-51(47)68)58-62-57(40-23-9-3-10-24-40)65-60(66-58)69-49-31-17-13-27-43(49)45-34-36-52-53(54(45)69)46-29-15-18-32-50(46)67(52)42-25-11-4-12-26-42/h1-37H. The fourth-order valence-corrected chi connectivity index (χ4v) is 10.1. The molecule has 0 N–H and O–H groups in total. The molecule has 0 amide bonds. The van der Waals surface area contributed by atoms with Crippen molar-refractivity contribution in [2.24, 2.45) is 0 Å². The summed E-state index contributed by atoms with van der Waals surface area (Å²) in [6.07, 6.45) is 0. The van der Waals surface area contributed by atoms with Crippen molar-refractivity contribution in [2.45, 2.75) is 0 Å². The van der Waals surface area contributed by atoms with Crippen molar-refractivity contribution in [3.63, 3.8) is 0 Å². The molecule has 0 unspecified atom stereocenters. The van der Waals surface area contributed by atoms with Gasteiger partial charge < -0.3 is 4.57 Å². The van der Waals surface area contributed by atoms with Crippen LogP contribution in [0.5, 0.6) is 0 Å². The van der Waals surface area contributed by atoms with Gasteiger partial charge in [-0.15, -0.1) is 0 Å². The Bertz CT molecular complexity index is 4230. The zero-order valence-electron chi connectivity index (χ0n) is 36.9. The topological polar surface area (TPSA) is 92.1 Å². The minimum Gasteiger partial charge on any atom is -0.309 e. The molecule has 0 fully saturated rings. The molecule has 69 heavy (non-hydrogen) atoms. The van der Waals surface area contributed by atoms with Gasteiger partial charge in [-0.1, -0.05) is 170 Å². The molecule has 0 bridgehead atoms. The van der Waals surface area contributed by atoms with Crippen LogP contribution in [0.2, 0.25) is 0 Å². The van der Waals surface area contributed by atoms with Crippen molar-refractivity contribution < 1.29 is 0 Å². The fourth-order valence-electron chi connectivity index (χ4n) is 10.1. The van der Waals surface area contributed by atoms with Crippen LogP contribution in [0.4, 0.5) is 0 Å². The molecule has 5 heterocycles. The summed E-state index contributed by atoms with van der Waals surface area (Å²) in [6, 6.07) is 77.4. The van der Waals surface area contributed by atoms with Gasteiger partial charge in [-0.2, -0.15) is 19.9 Å². The summed E-state index contributed by atoms with van der Waals surface area (Å²) in [5.74, 6) is 3.39. The maximum Gasteiger partial charge on any atom is 0.238 e. The van der Waals surface area contributed by atoms with E-state index < -0.39 is 0 Å². The van der Waals surface area contributed by atoms with Crippen molar-refractivity contribution in [3.8, 4) is 63.1 Å². The molecule has 0 spiro atoms. The van der Waals surface area contributed by atoms with E-state index >= 15 is 0 Å². The van der Waals surface area contributed by atoms with Gasteiger partial charge in [0.25, 0.3) is 0 Å². The highest BCUT2D eigenvalue weighted by Gasteiger charge is 2.24. The highest BCUT2D eigenvalue weighted by molar-refractivity contribution is 6.26. The zero-order chi connectivity index (χ0) is 45.4. The molecule has 9 aromatic carbocycles. The summed E-state index contributed by atoms with van der Waals surface area (Å²) < 4.78 is 6.73. The van der Waals surface area contributed by atoms with Crippen molar-refractivity contribution in [3.05, 3.63) is 224 Å². The summed E-state index contributed by atoms with van der Waals surface area (Å²) in [6.45, 7) is 0. The summed E-state index contributed by atoms with van der Waals surface area (Å²) in [4.78, 5) is 31.4. The summed E-state index contributed by atoms with van der Waals surface area (Å²) >= 11 is 0. The largest absolute Gasteiger partial charge is 0.309 e. The van der Waals surface area contributed by atoms with Crippen LogP contribution in [-0.2, 0) is 0 Å². The van der Waals surface area contributed by atoms with E-state index in [1.54, 1.807) is 0 Å². The molecule has 0 aliphatic heterocycles. The van der Waals surface area contributed by atoms with Gasteiger partial charge in [0.1, 0.15) is 0 Å². The average Bonchev–Trinajstić information content (AvgIpc) is 4.07. The smallest absolute Gasteiger partial charge is 0.238 e. The van der Waals surface area contributed by atoms with Gasteiger partial charge in [0.15, 0.2) is 23.3 Å². The normalized spacial score (nSPS) is 11.8. The van der Waals surface area contributed by atoms with Crippen LogP contribution in [0, 0.1) is 0 Å². The first-order valence-electron chi connectivity index (χ1n) is 23.0. The lowest BCUT2D eigenvalue weighted by Crippen LogP contribution is -2.07. The minimum absolute atomic E-state index is 0.529.